The lowest BCUT2D eigenvalue weighted by molar-refractivity contribution is 0.0949. The summed E-state index contributed by atoms with van der Waals surface area (Å²) in [6, 6.07) is 7.46. The number of amides is 1. The Morgan fingerprint density at radius 1 is 1.15 bits per heavy atom. The van der Waals surface area contributed by atoms with Gasteiger partial charge in [0.05, 0.1) is 17.8 Å². The fourth-order valence-corrected chi connectivity index (χ4v) is 2.44. The molecular formula is C17H17N5O4. The second kappa shape index (κ2) is 7.18. The lowest BCUT2D eigenvalue weighted by Gasteiger charge is -2.09. The Balaban J connectivity index is 1.70. The highest BCUT2D eigenvalue weighted by atomic mass is 16.4. The molecule has 3 rings (SSSR count). The molecule has 0 fully saturated rings. The average molecular weight is 355 g/mol. The van der Waals surface area contributed by atoms with Crippen LogP contribution in [0.15, 0.2) is 50.6 Å². The molecule has 0 atom stereocenters. The molecule has 0 aliphatic rings. The Kier molecular flexibility index (Phi) is 4.78. The molecule has 134 valence electrons. The van der Waals surface area contributed by atoms with Crippen molar-refractivity contribution in [2.75, 3.05) is 6.54 Å². The van der Waals surface area contributed by atoms with Crippen LogP contribution in [0.2, 0.25) is 0 Å². The minimum Gasteiger partial charge on any atom is -0.430 e. The number of aromatic nitrogens is 4. The van der Waals surface area contributed by atoms with Crippen LogP contribution in [0.3, 0.4) is 0 Å². The van der Waals surface area contributed by atoms with Crippen molar-refractivity contribution >= 4 is 5.91 Å². The van der Waals surface area contributed by atoms with E-state index in [0.29, 0.717) is 5.82 Å². The van der Waals surface area contributed by atoms with Gasteiger partial charge in [-0.1, -0.05) is 0 Å². The number of nitrogens with one attached hydrogen (secondary N) is 1. The van der Waals surface area contributed by atoms with E-state index in [1.807, 2.05) is 19.9 Å². The van der Waals surface area contributed by atoms with Crippen LogP contribution in [0.25, 0.3) is 5.82 Å². The fraction of sp³-hybridized carbons (Fsp3) is 0.235. The number of rotatable bonds is 5. The molecule has 0 aromatic carbocycles. The molecule has 3 heterocycles. The molecule has 9 heteroatoms. The summed E-state index contributed by atoms with van der Waals surface area (Å²) >= 11 is 0. The van der Waals surface area contributed by atoms with Gasteiger partial charge in [-0.25, -0.2) is 14.2 Å². The zero-order chi connectivity index (χ0) is 18.7. The van der Waals surface area contributed by atoms with Crippen LogP contribution in [-0.2, 0) is 6.54 Å². The van der Waals surface area contributed by atoms with Gasteiger partial charge >= 0.3 is 5.63 Å². The Labute approximate surface area is 147 Å². The molecule has 9 nitrogen and oxygen atoms in total. The summed E-state index contributed by atoms with van der Waals surface area (Å²) in [6.07, 6.45) is 1.09. The van der Waals surface area contributed by atoms with Crippen LogP contribution in [0.4, 0.5) is 0 Å². The second-order valence-electron chi connectivity index (χ2n) is 5.69. The first kappa shape index (κ1) is 17.3. The smallest absolute Gasteiger partial charge is 0.335 e. The topological polar surface area (TPSA) is 112 Å². The molecule has 3 aromatic rings. The van der Waals surface area contributed by atoms with Crippen LogP contribution >= 0.6 is 0 Å². The molecule has 0 spiro atoms. The summed E-state index contributed by atoms with van der Waals surface area (Å²) < 4.78 is 7.56. The Morgan fingerprint density at radius 3 is 2.62 bits per heavy atom. The molecule has 26 heavy (non-hydrogen) atoms. The largest absolute Gasteiger partial charge is 0.430 e. The van der Waals surface area contributed by atoms with Gasteiger partial charge in [-0.2, -0.15) is 5.10 Å². The van der Waals surface area contributed by atoms with Crippen molar-refractivity contribution in [3.8, 4) is 5.82 Å². The van der Waals surface area contributed by atoms with Crippen molar-refractivity contribution in [2.24, 2.45) is 0 Å². The zero-order valence-electron chi connectivity index (χ0n) is 14.3. The van der Waals surface area contributed by atoms with Crippen molar-refractivity contribution < 1.29 is 9.21 Å². The predicted molar refractivity (Wildman–Crippen MR) is 92.4 cm³/mol. The summed E-state index contributed by atoms with van der Waals surface area (Å²) in [5.74, 6) is 0.114. The van der Waals surface area contributed by atoms with E-state index < -0.39 is 11.5 Å². The van der Waals surface area contributed by atoms with Crippen molar-refractivity contribution in [1.29, 1.82) is 0 Å². The van der Waals surface area contributed by atoms with E-state index in [9.17, 15) is 14.4 Å². The predicted octanol–water partition coefficient (Wildman–Crippen LogP) is 0.429. The summed E-state index contributed by atoms with van der Waals surface area (Å²) in [7, 11) is 0. The molecular weight excluding hydrogens is 338 g/mol. The monoisotopic (exact) mass is 355 g/mol. The van der Waals surface area contributed by atoms with Crippen LogP contribution < -0.4 is 16.5 Å². The highest BCUT2D eigenvalue weighted by Crippen LogP contribution is 2.07. The van der Waals surface area contributed by atoms with Crippen LogP contribution in [0, 0.1) is 13.8 Å². The summed E-state index contributed by atoms with van der Waals surface area (Å²) in [5.41, 5.74) is 1.16. The van der Waals surface area contributed by atoms with Crippen LogP contribution in [-0.4, -0.2) is 32.0 Å². The SMILES string of the molecule is Cc1cc(C)n(-c2ccc(=O)n(CCNC(=O)c3ccc(=O)oc3)n2)n1. The quantitative estimate of drug-likeness (QED) is 0.710. The van der Waals surface area contributed by atoms with E-state index in [1.54, 1.807) is 10.7 Å². The highest BCUT2D eigenvalue weighted by molar-refractivity contribution is 5.93. The molecule has 0 bridgehead atoms. The zero-order valence-corrected chi connectivity index (χ0v) is 14.3. The lowest BCUT2D eigenvalue weighted by Crippen LogP contribution is -2.32. The first-order chi connectivity index (χ1) is 12.4. The maximum absolute atomic E-state index is 12.0. The number of nitrogens with zero attached hydrogens (tertiary/aromatic N) is 4. The van der Waals surface area contributed by atoms with Gasteiger partial charge in [-0.15, -0.1) is 5.10 Å². The fourth-order valence-electron chi connectivity index (χ4n) is 2.44. The van der Waals surface area contributed by atoms with Crippen LogP contribution in [0.1, 0.15) is 21.7 Å². The van der Waals surface area contributed by atoms with Gasteiger partial charge in [0.25, 0.3) is 11.5 Å². The van der Waals surface area contributed by atoms with Gasteiger partial charge in [0.1, 0.15) is 6.26 Å². The normalized spacial score (nSPS) is 10.7. The van der Waals surface area contributed by atoms with E-state index >= 15 is 0 Å². The number of carbonyl (C=O) groups is 1. The lowest BCUT2D eigenvalue weighted by atomic mass is 10.3. The molecule has 0 radical (unpaired) electrons. The number of hydrogen-bond acceptors (Lipinski definition) is 6. The first-order valence-corrected chi connectivity index (χ1v) is 7.93. The summed E-state index contributed by atoms with van der Waals surface area (Å²) in [6.45, 7) is 4.15. The maximum atomic E-state index is 12.0. The van der Waals surface area contributed by atoms with Gasteiger partial charge < -0.3 is 9.73 Å². The minimum absolute atomic E-state index is 0.186. The number of aryl methyl sites for hydroxylation is 2. The van der Waals surface area contributed by atoms with Gasteiger partial charge in [0.2, 0.25) is 0 Å². The van der Waals surface area contributed by atoms with E-state index in [0.717, 1.165) is 17.7 Å². The number of hydrogen-bond donors (Lipinski definition) is 1. The Morgan fingerprint density at radius 2 is 1.96 bits per heavy atom. The summed E-state index contributed by atoms with van der Waals surface area (Å²) in [5, 5.41) is 11.3. The van der Waals surface area contributed by atoms with Crippen molar-refractivity contribution in [3.63, 3.8) is 0 Å². The van der Waals surface area contributed by atoms with E-state index in [4.69, 9.17) is 0 Å². The van der Waals surface area contributed by atoms with Gasteiger partial charge in [0.15, 0.2) is 5.82 Å². The van der Waals surface area contributed by atoms with E-state index in [1.165, 1.54) is 22.9 Å². The maximum Gasteiger partial charge on any atom is 0.335 e. The van der Waals surface area contributed by atoms with Crippen molar-refractivity contribution in [1.82, 2.24) is 24.9 Å². The first-order valence-electron chi connectivity index (χ1n) is 7.93. The van der Waals surface area contributed by atoms with Crippen LogP contribution in [0.5, 0.6) is 0 Å². The minimum atomic E-state index is -0.529. The third kappa shape index (κ3) is 3.77. The number of carbonyl (C=O) groups excluding carboxylic acids is 1. The van der Waals surface area contributed by atoms with Gasteiger partial charge in [-0.05, 0) is 32.0 Å². The van der Waals surface area contributed by atoms with Crippen molar-refractivity contribution in [2.45, 2.75) is 20.4 Å². The molecule has 3 aromatic heterocycles. The van der Waals surface area contributed by atoms with Gasteiger partial charge in [-0.3, -0.25) is 9.59 Å². The molecule has 0 aliphatic heterocycles. The Hall–Kier alpha value is -3.49. The van der Waals surface area contributed by atoms with Gasteiger partial charge in [0, 0.05) is 24.4 Å². The molecule has 1 N–H and O–H groups in total. The molecule has 0 saturated heterocycles. The van der Waals surface area contributed by atoms with E-state index in [2.05, 4.69) is 19.9 Å². The van der Waals surface area contributed by atoms with Crippen molar-refractivity contribution in [3.05, 3.63) is 74.3 Å². The second-order valence-corrected chi connectivity index (χ2v) is 5.69. The third-order valence-electron chi connectivity index (χ3n) is 3.65. The average Bonchev–Trinajstić information content (AvgIpc) is 2.95. The third-order valence-corrected chi connectivity index (χ3v) is 3.65. The highest BCUT2D eigenvalue weighted by Gasteiger charge is 2.09. The molecule has 1 amide bonds. The standard InChI is InChI=1S/C17H17N5O4/c1-11-9-12(2)22(19-11)14-4-5-15(23)21(20-14)8-7-18-17(25)13-3-6-16(24)26-10-13/h3-6,9-10H,7-8H2,1-2H3,(H,18,25). The molecule has 0 aliphatic carbocycles. The Bertz CT molecular complexity index is 1040. The summed E-state index contributed by atoms with van der Waals surface area (Å²) in [4.78, 5) is 34.9. The van der Waals surface area contributed by atoms with E-state index in [-0.39, 0.29) is 24.2 Å². The molecule has 0 saturated carbocycles. The molecule has 0 unspecified atom stereocenters.